The maximum atomic E-state index is 9.92. The van der Waals surface area contributed by atoms with E-state index in [2.05, 4.69) is 70.6 Å². The molecule has 0 bridgehead atoms. The minimum absolute atomic E-state index is 0.0520. The normalized spacial score (nSPS) is 23.3. The molecule has 0 radical (unpaired) electrons. The molecule has 0 aromatic carbocycles. The number of aliphatic hydroxyl groups excluding tert-OH is 1. The van der Waals surface area contributed by atoms with Crippen LogP contribution in [-0.2, 0) is 0 Å². The van der Waals surface area contributed by atoms with Gasteiger partial charge in [0.2, 0.25) is 0 Å². The molecule has 0 saturated heterocycles. The smallest absolute Gasteiger partial charge is 0.0712 e. The van der Waals surface area contributed by atoms with Crippen molar-refractivity contribution in [3.63, 3.8) is 0 Å². The van der Waals surface area contributed by atoms with Gasteiger partial charge in [-0.15, -0.1) is 0 Å². The van der Waals surface area contributed by atoms with Crippen LogP contribution in [0.4, 0.5) is 0 Å². The van der Waals surface area contributed by atoms with Crippen molar-refractivity contribution < 1.29 is 5.11 Å². The molecular weight excluding hydrogens is 432 g/mol. The second kappa shape index (κ2) is 5.83. The van der Waals surface area contributed by atoms with Crippen LogP contribution in [-0.4, -0.2) is 30.5 Å². The monoisotopic (exact) mass is 442 g/mol. The van der Waals surface area contributed by atoms with Gasteiger partial charge in [0.25, 0.3) is 0 Å². The lowest BCUT2D eigenvalue weighted by Crippen LogP contribution is -2.39. The lowest BCUT2D eigenvalue weighted by atomic mass is 9.97. The van der Waals surface area contributed by atoms with Crippen LogP contribution in [0, 0.1) is 0 Å². The molecule has 5 heteroatoms. The maximum Gasteiger partial charge on any atom is 0.0712 e. The van der Waals surface area contributed by atoms with E-state index in [1.54, 1.807) is 0 Å². The molecule has 0 spiro atoms. The van der Waals surface area contributed by atoms with E-state index in [-0.39, 0.29) is 14.8 Å². The molecule has 1 nitrogen and oxygen atoms in total. The molecule has 0 aliphatic rings. The van der Waals surface area contributed by atoms with Crippen LogP contribution in [0.1, 0.15) is 20.3 Å². The third kappa shape index (κ3) is 5.50. The highest BCUT2D eigenvalue weighted by molar-refractivity contribution is 9.12. The Morgan fingerprint density at radius 3 is 1.92 bits per heavy atom. The van der Waals surface area contributed by atoms with Crippen molar-refractivity contribution in [2.24, 2.45) is 0 Å². The fraction of sp³-hybridized carbons (Fsp3) is 1.00. The summed E-state index contributed by atoms with van der Waals surface area (Å²) in [7, 11) is 0. The fourth-order valence-corrected chi connectivity index (χ4v) is 1.83. The predicted molar refractivity (Wildman–Crippen MR) is 72.9 cm³/mol. The zero-order valence-corrected chi connectivity index (χ0v) is 14.0. The highest BCUT2D eigenvalue weighted by Gasteiger charge is 2.34. The van der Waals surface area contributed by atoms with Crippen LogP contribution in [0.3, 0.4) is 0 Å². The van der Waals surface area contributed by atoms with Crippen LogP contribution >= 0.6 is 63.7 Å². The van der Waals surface area contributed by atoms with E-state index in [9.17, 15) is 5.11 Å². The van der Waals surface area contributed by atoms with Gasteiger partial charge < -0.3 is 5.11 Å². The van der Waals surface area contributed by atoms with Crippen LogP contribution < -0.4 is 0 Å². The summed E-state index contributed by atoms with van der Waals surface area (Å²) in [6.45, 7) is 4.03. The summed E-state index contributed by atoms with van der Waals surface area (Å²) in [5.41, 5.74) is 0. The summed E-state index contributed by atoms with van der Waals surface area (Å²) in [4.78, 5) is 0. The van der Waals surface area contributed by atoms with Crippen molar-refractivity contribution in [2.75, 3.05) is 10.7 Å². The minimum atomic E-state index is -0.381. The Labute approximate surface area is 114 Å². The Hall–Kier alpha value is 1.88. The van der Waals surface area contributed by atoms with Gasteiger partial charge in [-0.1, -0.05) is 63.7 Å². The molecule has 0 aliphatic heterocycles. The lowest BCUT2D eigenvalue weighted by Gasteiger charge is -2.31. The largest absolute Gasteiger partial charge is 0.392 e. The Balaban J connectivity index is 4.22. The summed E-state index contributed by atoms with van der Waals surface area (Å²) in [5, 5.41) is 11.5. The average molecular weight is 446 g/mol. The molecule has 0 amide bonds. The number of rotatable bonds is 5. The average Bonchev–Trinajstić information content (AvgIpc) is 2.04. The molecule has 0 aromatic rings. The molecule has 3 unspecified atom stereocenters. The maximum absolute atomic E-state index is 9.92. The van der Waals surface area contributed by atoms with Crippen LogP contribution in [0.5, 0.6) is 0 Å². The van der Waals surface area contributed by atoms with Crippen molar-refractivity contribution in [2.45, 2.75) is 35.0 Å². The number of hydrogen-bond donors (Lipinski definition) is 1. The summed E-state index contributed by atoms with van der Waals surface area (Å²) >= 11 is 13.8. The summed E-state index contributed by atoms with van der Waals surface area (Å²) < 4.78 is -0.312. The lowest BCUT2D eigenvalue weighted by molar-refractivity contribution is 0.130. The van der Waals surface area contributed by atoms with E-state index < -0.39 is 0 Å². The SMILES string of the molecule is CC(Br)(CBr)CC(O)C(C)(Br)CBr. The third-order valence-electron chi connectivity index (χ3n) is 1.85. The first kappa shape index (κ1) is 14.9. The molecule has 13 heavy (non-hydrogen) atoms. The Morgan fingerprint density at radius 1 is 1.15 bits per heavy atom. The van der Waals surface area contributed by atoms with Crippen molar-refractivity contribution >= 4 is 63.7 Å². The van der Waals surface area contributed by atoms with Gasteiger partial charge in [-0.2, -0.15) is 0 Å². The van der Waals surface area contributed by atoms with Crippen molar-refractivity contribution in [1.82, 2.24) is 0 Å². The van der Waals surface area contributed by atoms with Crippen molar-refractivity contribution in [3.05, 3.63) is 0 Å². The van der Waals surface area contributed by atoms with E-state index in [4.69, 9.17) is 0 Å². The standard InChI is InChI=1S/C8H14Br4O/c1-7(11,4-9)3-6(13)8(2,12)5-10/h6,13H,3-5H2,1-2H3. The second-order valence-corrected chi connectivity index (χ2v) is 8.53. The molecule has 0 rings (SSSR count). The zero-order chi connectivity index (χ0) is 10.7. The first-order chi connectivity index (χ1) is 5.75. The predicted octanol–water partition coefficient (Wildman–Crippen LogP) is 3.83. The molecule has 0 saturated carbocycles. The van der Waals surface area contributed by atoms with E-state index in [0.717, 1.165) is 10.7 Å². The summed E-state index contributed by atoms with van der Waals surface area (Å²) in [6.07, 6.45) is 0.319. The van der Waals surface area contributed by atoms with Crippen LogP contribution in [0.15, 0.2) is 0 Å². The highest BCUT2D eigenvalue weighted by atomic mass is 79.9. The van der Waals surface area contributed by atoms with Gasteiger partial charge in [-0.25, -0.2) is 0 Å². The van der Waals surface area contributed by atoms with Crippen molar-refractivity contribution in [3.8, 4) is 0 Å². The summed E-state index contributed by atoms with van der Waals surface area (Å²) in [5.74, 6) is 0. The first-order valence-corrected chi connectivity index (χ1v) is 7.76. The van der Waals surface area contributed by atoms with E-state index in [1.807, 2.05) is 6.92 Å². The first-order valence-electron chi connectivity index (χ1n) is 3.93. The molecular formula is C8H14Br4O. The van der Waals surface area contributed by atoms with E-state index in [0.29, 0.717) is 6.42 Å². The van der Waals surface area contributed by atoms with Crippen LogP contribution in [0.25, 0.3) is 0 Å². The Kier molecular flexibility index (Phi) is 6.67. The van der Waals surface area contributed by atoms with E-state index in [1.165, 1.54) is 0 Å². The third-order valence-corrected chi connectivity index (χ3v) is 7.17. The molecule has 0 fully saturated rings. The molecule has 0 aromatic heterocycles. The molecule has 1 N–H and O–H groups in total. The molecule has 0 heterocycles. The quantitative estimate of drug-likeness (QED) is 0.638. The van der Waals surface area contributed by atoms with Gasteiger partial charge in [0.05, 0.1) is 10.4 Å². The molecule has 0 aliphatic carbocycles. The van der Waals surface area contributed by atoms with E-state index >= 15 is 0 Å². The number of hydrogen-bond acceptors (Lipinski definition) is 1. The second-order valence-electron chi connectivity index (χ2n) is 3.68. The van der Waals surface area contributed by atoms with Gasteiger partial charge >= 0.3 is 0 Å². The van der Waals surface area contributed by atoms with Gasteiger partial charge in [-0.05, 0) is 20.3 Å². The minimum Gasteiger partial charge on any atom is -0.392 e. The molecule has 80 valence electrons. The summed E-state index contributed by atoms with van der Waals surface area (Å²) in [6, 6.07) is 0. The number of aliphatic hydroxyl groups is 1. The highest BCUT2D eigenvalue weighted by Crippen LogP contribution is 2.33. The van der Waals surface area contributed by atoms with Crippen LogP contribution in [0.2, 0.25) is 0 Å². The van der Waals surface area contributed by atoms with Gasteiger partial charge in [0.15, 0.2) is 0 Å². The van der Waals surface area contributed by atoms with Gasteiger partial charge in [0.1, 0.15) is 0 Å². The van der Waals surface area contributed by atoms with Gasteiger partial charge in [0, 0.05) is 15.0 Å². The van der Waals surface area contributed by atoms with Crippen molar-refractivity contribution in [1.29, 1.82) is 0 Å². The number of halogens is 4. The topological polar surface area (TPSA) is 20.2 Å². The number of alkyl halides is 4. The fourth-order valence-electron chi connectivity index (χ4n) is 0.760. The Bertz CT molecular complexity index is 158. The Morgan fingerprint density at radius 2 is 1.62 bits per heavy atom. The zero-order valence-electron chi connectivity index (χ0n) is 7.66. The van der Waals surface area contributed by atoms with Gasteiger partial charge in [-0.3, -0.25) is 0 Å². The molecule has 3 atom stereocenters.